The number of thioether (sulfide) groups is 1. The number of rotatable bonds is 6. The van der Waals surface area contributed by atoms with Gasteiger partial charge in [-0.2, -0.15) is 0 Å². The van der Waals surface area contributed by atoms with Crippen molar-refractivity contribution < 1.29 is 0 Å². The lowest BCUT2D eigenvalue weighted by atomic mass is 10.1. The van der Waals surface area contributed by atoms with Gasteiger partial charge in [0.25, 0.3) is 0 Å². The monoisotopic (exact) mass is 380 g/mol. The average molecular weight is 381 g/mol. The van der Waals surface area contributed by atoms with Crippen LogP contribution in [0.2, 0.25) is 0 Å². The third-order valence-electron chi connectivity index (χ3n) is 2.97. The van der Waals surface area contributed by atoms with Gasteiger partial charge in [-0.25, -0.2) is 0 Å². The van der Waals surface area contributed by atoms with Gasteiger partial charge in [0.05, 0.1) is 0 Å². The predicted octanol–water partition coefficient (Wildman–Crippen LogP) is 4.81. The molecule has 2 rings (SSSR count). The second kappa shape index (κ2) is 7.82. The van der Waals surface area contributed by atoms with Crippen molar-refractivity contribution in [3.8, 4) is 0 Å². The first-order valence-electron chi connectivity index (χ1n) is 6.65. The number of thiocarbonyl (C=S) groups is 1. The molecule has 0 spiro atoms. The van der Waals surface area contributed by atoms with Gasteiger partial charge in [0.2, 0.25) is 0 Å². The summed E-state index contributed by atoms with van der Waals surface area (Å²) in [6, 6.07) is 14.4. The highest BCUT2D eigenvalue weighted by Crippen LogP contribution is 2.29. The second-order valence-electron chi connectivity index (χ2n) is 4.46. The molecule has 0 unspecified atom stereocenters. The van der Waals surface area contributed by atoms with Crippen LogP contribution in [0.1, 0.15) is 18.1 Å². The van der Waals surface area contributed by atoms with Crippen LogP contribution in [-0.4, -0.2) is 10.7 Å². The van der Waals surface area contributed by atoms with Crippen LogP contribution >= 0.6 is 39.9 Å². The van der Waals surface area contributed by atoms with Gasteiger partial charge in [-0.1, -0.05) is 53.3 Å². The molecule has 21 heavy (non-hydrogen) atoms. The van der Waals surface area contributed by atoms with Crippen LogP contribution < -0.4 is 11.1 Å². The molecular weight excluding hydrogens is 364 g/mol. The van der Waals surface area contributed by atoms with Gasteiger partial charge >= 0.3 is 0 Å². The number of hydrogen-bond acceptors (Lipinski definition) is 3. The summed E-state index contributed by atoms with van der Waals surface area (Å²) in [4.78, 5) is 1.57. The number of nitrogens with one attached hydrogen (secondary N) is 1. The Balaban J connectivity index is 2.21. The molecule has 0 bridgehead atoms. The van der Waals surface area contributed by atoms with E-state index in [9.17, 15) is 0 Å². The van der Waals surface area contributed by atoms with E-state index in [0.717, 1.165) is 32.9 Å². The molecule has 0 heterocycles. The summed E-state index contributed by atoms with van der Waals surface area (Å²) in [6.45, 7) is 2.86. The Bertz CT molecular complexity index is 627. The highest BCUT2D eigenvalue weighted by molar-refractivity contribution is 9.10. The summed E-state index contributed by atoms with van der Waals surface area (Å²) in [5, 5.41) is 3.43. The summed E-state index contributed by atoms with van der Waals surface area (Å²) in [5.74, 6) is 0.992. The van der Waals surface area contributed by atoms with Crippen LogP contribution in [-0.2, 0) is 6.54 Å². The van der Waals surface area contributed by atoms with Crippen LogP contribution in [0.3, 0.4) is 0 Å². The Hall–Kier alpha value is -1.04. The number of benzene rings is 2. The zero-order chi connectivity index (χ0) is 15.2. The van der Waals surface area contributed by atoms with Gasteiger partial charge in [-0.3, -0.25) is 0 Å². The second-order valence-corrected chi connectivity index (χ2v) is 7.12. The summed E-state index contributed by atoms with van der Waals surface area (Å²) in [7, 11) is 0. The van der Waals surface area contributed by atoms with E-state index in [1.54, 1.807) is 11.8 Å². The lowest BCUT2D eigenvalue weighted by Gasteiger charge is -2.15. The lowest BCUT2D eigenvalue weighted by Crippen LogP contribution is -2.14. The van der Waals surface area contributed by atoms with Crippen molar-refractivity contribution in [2.45, 2.75) is 18.4 Å². The Kier molecular flexibility index (Phi) is 6.08. The SMILES string of the molecule is CCSc1cccc(NCc2ccc(Br)cc2)c1C(N)=S. The average Bonchev–Trinajstić information content (AvgIpc) is 2.47. The number of nitrogens with two attached hydrogens (primary N) is 1. The van der Waals surface area contributed by atoms with Crippen molar-refractivity contribution in [2.24, 2.45) is 5.73 Å². The van der Waals surface area contributed by atoms with E-state index in [1.807, 2.05) is 24.3 Å². The molecule has 0 fully saturated rings. The maximum Gasteiger partial charge on any atom is 0.107 e. The smallest absolute Gasteiger partial charge is 0.107 e. The highest BCUT2D eigenvalue weighted by atomic mass is 79.9. The van der Waals surface area contributed by atoms with Crippen molar-refractivity contribution in [2.75, 3.05) is 11.1 Å². The maximum atomic E-state index is 5.91. The Morgan fingerprint density at radius 2 is 1.95 bits per heavy atom. The molecule has 5 heteroatoms. The van der Waals surface area contributed by atoms with Crippen molar-refractivity contribution in [3.63, 3.8) is 0 Å². The molecule has 0 aliphatic heterocycles. The molecule has 2 aromatic carbocycles. The quantitative estimate of drug-likeness (QED) is 0.557. The molecule has 0 aromatic heterocycles. The van der Waals surface area contributed by atoms with E-state index in [-0.39, 0.29) is 0 Å². The van der Waals surface area contributed by atoms with Crippen LogP contribution in [0, 0.1) is 0 Å². The minimum Gasteiger partial charge on any atom is -0.389 e. The highest BCUT2D eigenvalue weighted by Gasteiger charge is 2.11. The van der Waals surface area contributed by atoms with Gasteiger partial charge in [0.15, 0.2) is 0 Å². The number of anilines is 1. The topological polar surface area (TPSA) is 38.0 Å². The van der Waals surface area contributed by atoms with Gasteiger partial charge in [0, 0.05) is 27.2 Å². The molecule has 3 N–H and O–H groups in total. The third kappa shape index (κ3) is 4.46. The largest absolute Gasteiger partial charge is 0.389 e. The van der Waals surface area contributed by atoms with Crippen LogP contribution in [0.15, 0.2) is 51.8 Å². The van der Waals surface area contributed by atoms with Crippen molar-refractivity contribution in [3.05, 3.63) is 58.1 Å². The van der Waals surface area contributed by atoms with Crippen LogP contribution in [0.5, 0.6) is 0 Å². The van der Waals surface area contributed by atoms with Gasteiger partial charge in [-0.15, -0.1) is 11.8 Å². The van der Waals surface area contributed by atoms with Gasteiger partial charge < -0.3 is 11.1 Å². The van der Waals surface area contributed by atoms with E-state index < -0.39 is 0 Å². The Morgan fingerprint density at radius 1 is 1.24 bits per heavy atom. The van der Waals surface area contributed by atoms with E-state index in [4.69, 9.17) is 18.0 Å². The van der Waals surface area contributed by atoms with Crippen LogP contribution in [0.25, 0.3) is 0 Å². The summed E-state index contributed by atoms with van der Waals surface area (Å²) in [5.41, 5.74) is 9.05. The molecule has 0 radical (unpaired) electrons. The predicted molar refractivity (Wildman–Crippen MR) is 100 cm³/mol. The molecule has 2 aromatic rings. The molecule has 0 amide bonds. The van der Waals surface area contributed by atoms with Crippen molar-refractivity contribution >= 4 is 50.6 Å². The summed E-state index contributed by atoms with van der Waals surface area (Å²) >= 11 is 10.4. The zero-order valence-corrected chi connectivity index (χ0v) is 14.9. The fourth-order valence-electron chi connectivity index (χ4n) is 2.01. The first-order chi connectivity index (χ1) is 10.1. The summed E-state index contributed by atoms with van der Waals surface area (Å²) < 4.78 is 1.08. The first kappa shape index (κ1) is 16.3. The van der Waals surface area contributed by atoms with E-state index in [1.165, 1.54) is 5.56 Å². The minimum atomic E-state index is 0.435. The van der Waals surface area contributed by atoms with Crippen molar-refractivity contribution in [1.29, 1.82) is 0 Å². The van der Waals surface area contributed by atoms with Crippen LogP contribution in [0.4, 0.5) is 5.69 Å². The Labute approximate surface area is 143 Å². The van der Waals surface area contributed by atoms with E-state index >= 15 is 0 Å². The zero-order valence-electron chi connectivity index (χ0n) is 11.7. The number of hydrogen-bond donors (Lipinski definition) is 2. The van der Waals surface area contributed by atoms with E-state index in [2.05, 4.69) is 46.4 Å². The standard InChI is InChI=1S/C16H17BrN2S2/c1-2-21-14-5-3-4-13(15(14)16(18)20)19-10-11-6-8-12(17)9-7-11/h3-9,19H,2,10H2,1H3,(H2,18,20). The Morgan fingerprint density at radius 3 is 2.57 bits per heavy atom. The fraction of sp³-hybridized carbons (Fsp3) is 0.188. The molecule has 110 valence electrons. The van der Waals surface area contributed by atoms with Crippen molar-refractivity contribution in [1.82, 2.24) is 0 Å². The molecule has 0 atom stereocenters. The molecule has 0 aliphatic carbocycles. The number of halogens is 1. The fourth-order valence-corrected chi connectivity index (χ4v) is 3.41. The molecule has 0 saturated heterocycles. The maximum absolute atomic E-state index is 5.91. The van der Waals surface area contributed by atoms with Gasteiger partial charge in [-0.05, 0) is 35.6 Å². The van der Waals surface area contributed by atoms with E-state index in [0.29, 0.717) is 4.99 Å². The normalized spacial score (nSPS) is 10.4. The molecule has 0 aliphatic rings. The molecule has 2 nitrogen and oxygen atoms in total. The molecular formula is C16H17BrN2S2. The third-order valence-corrected chi connectivity index (χ3v) is 4.64. The first-order valence-corrected chi connectivity index (χ1v) is 8.84. The molecule has 0 saturated carbocycles. The lowest BCUT2D eigenvalue weighted by molar-refractivity contribution is 1.14. The van der Waals surface area contributed by atoms with Gasteiger partial charge in [0.1, 0.15) is 4.99 Å². The summed E-state index contributed by atoms with van der Waals surface area (Å²) in [6.07, 6.45) is 0. The minimum absolute atomic E-state index is 0.435.